The first-order chi connectivity index (χ1) is 14.9. The highest BCUT2D eigenvalue weighted by Gasteiger charge is 2.28. The lowest BCUT2D eigenvalue weighted by molar-refractivity contribution is -0.134. The van der Waals surface area contributed by atoms with E-state index in [-0.39, 0.29) is 29.6 Å². The van der Waals surface area contributed by atoms with Crippen molar-refractivity contribution in [2.75, 3.05) is 19.6 Å². The zero-order valence-corrected chi connectivity index (χ0v) is 18.0. The predicted octanol–water partition coefficient (Wildman–Crippen LogP) is 3.23. The minimum atomic E-state index is -0.102. The fourth-order valence-corrected chi connectivity index (χ4v) is 4.46. The lowest BCUT2D eigenvalue weighted by atomic mass is 9.95. The topological polar surface area (TPSA) is 75.7 Å². The molecule has 1 N–H and O–H groups in total. The smallest absolute Gasteiger partial charge is 0.223 e. The van der Waals surface area contributed by atoms with Crippen molar-refractivity contribution in [2.45, 2.75) is 39.2 Å². The molecule has 1 saturated heterocycles. The Hall–Kier alpha value is -3.15. The van der Waals surface area contributed by atoms with Crippen LogP contribution in [0.1, 0.15) is 42.6 Å². The molecule has 0 saturated carbocycles. The SMILES string of the molecule is CC(=O)c1ccccc1-c1ccc2c(c1)CC(CNC(=O)C1CCN(C(C)=O)CC1)O2. The molecule has 2 aliphatic heterocycles. The number of hydrogen-bond acceptors (Lipinski definition) is 4. The number of Topliss-reactive ketones (excluding diaryl/α,β-unsaturated/α-hetero) is 1. The van der Waals surface area contributed by atoms with Gasteiger partial charge in [-0.3, -0.25) is 14.4 Å². The molecule has 162 valence electrons. The van der Waals surface area contributed by atoms with E-state index >= 15 is 0 Å². The number of nitrogens with zero attached hydrogens (tertiary/aromatic N) is 1. The van der Waals surface area contributed by atoms with Gasteiger partial charge >= 0.3 is 0 Å². The van der Waals surface area contributed by atoms with E-state index in [1.54, 1.807) is 18.7 Å². The number of ketones is 1. The first-order valence-electron chi connectivity index (χ1n) is 10.9. The number of amides is 2. The second kappa shape index (κ2) is 8.92. The van der Waals surface area contributed by atoms with Crippen molar-refractivity contribution in [3.63, 3.8) is 0 Å². The molecule has 1 atom stereocenters. The van der Waals surface area contributed by atoms with E-state index in [0.29, 0.717) is 44.5 Å². The van der Waals surface area contributed by atoms with Crippen LogP contribution in [0.25, 0.3) is 11.1 Å². The van der Waals surface area contributed by atoms with Crippen LogP contribution in [0.2, 0.25) is 0 Å². The van der Waals surface area contributed by atoms with Crippen LogP contribution < -0.4 is 10.1 Å². The molecule has 0 radical (unpaired) electrons. The van der Waals surface area contributed by atoms with Gasteiger partial charge in [-0.1, -0.05) is 30.3 Å². The van der Waals surface area contributed by atoms with Crippen molar-refractivity contribution in [3.8, 4) is 16.9 Å². The molecule has 2 aliphatic rings. The Morgan fingerprint density at radius 2 is 1.81 bits per heavy atom. The van der Waals surface area contributed by atoms with Crippen LogP contribution in [0.3, 0.4) is 0 Å². The highest BCUT2D eigenvalue weighted by atomic mass is 16.5. The molecule has 0 bridgehead atoms. The molecule has 0 spiro atoms. The highest BCUT2D eigenvalue weighted by molar-refractivity contribution is 6.00. The third kappa shape index (κ3) is 4.63. The summed E-state index contributed by atoms with van der Waals surface area (Å²) in [5, 5.41) is 3.03. The van der Waals surface area contributed by atoms with Crippen LogP contribution in [-0.4, -0.2) is 48.2 Å². The zero-order valence-electron chi connectivity index (χ0n) is 18.0. The highest BCUT2D eigenvalue weighted by Crippen LogP contribution is 2.34. The molecular formula is C25H28N2O4. The molecule has 31 heavy (non-hydrogen) atoms. The van der Waals surface area contributed by atoms with Gasteiger partial charge in [-0.05, 0) is 48.6 Å². The summed E-state index contributed by atoms with van der Waals surface area (Å²) in [6.45, 7) is 4.89. The molecule has 0 aliphatic carbocycles. The molecule has 6 nitrogen and oxygen atoms in total. The minimum Gasteiger partial charge on any atom is -0.488 e. The Morgan fingerprint density at radius 3 is 2.52 bits per heavy atom. The predicted molar refractivity (Wildman–Crippen MR) is 118 cm³/mol. The minimum absolute atomic E-state index is 0.0406. The number of ether oxygens (including phenoxy) is 1. The third-order valence-corrected chi connectivity index (χ3v) is 6.23. The van der Waals surface area contributed by atoms with Crippen molar-refractivity contribution in [1.82, 2.24) is 10.2 Å². The van der Waals surface area contributed by atoms with Crippen LogP contribution >= 0.6 is 0 Å². The number of fused-ring (bicyclic) bond motifs is 1. The van der Waals surface area contributed by atoms with Crippen molar-refractivity contribution in [2.24, 2.45) is 5.92 Å². The Labute approximate surface area is 182 Å². The number of carbonyl (C=O) groups excluding carboxylic acids is 3. The molecule has 2 amide bonds. The quantitative estimate of drug-likeness (QED) is 0.754. The van der Waals surface area contributed by atoms with E-state index in [4.69, 9.17) is 4.74 Å². The van der Waals surface area contributed by atoms with E-state index in [1.807, 2.05) is 36.4 Å². The number of hydrogen-bond donors (Lipinski definition) is 1. The summed E-state index contributed by atoms with van der Waals surface area (Å²) >= 11 is 0. The van der Waals surface area contributed by atoms with Crippen LogP contribution in [0.4, 0.5) is 0 Å². The number of rotatable bonds is 5. The van der Waals surface area contributed by atoms with Gasteiger partial charge < -0.3 is 15.0 Å². The van der Waals surface area contributed by atoms with Gasteiger partial charge in [0.05, 0.1) is 6.54 Å². The Balaban J connectivity index is 1.35. The molecule has 4 rings (SSSR count). The second-order valence-electron chi connectivity index (χ2n) is 8.39. The van der Waals surface area contributed by atoms with E-state index < -0.39 is 0 Å². The summed E-state index contributed by atoms with van der Waals surface area (Å²) in [4.78, 5) is 37.7. The summed E-state index contributed by atoms with van der Waals surface area (Å²) in [5.74, 6) is 0.939. The number of nitrogens with one attached hydrogen (secondary N) is 1. The average molecular weight is 421 g/mol. The molecule has 2 aromatic rings. The zero-order chi connectivity index (χ0) is 22.0. The molecule has 6 heteroatoms. The van der Waals surface area contributed by atoms with Gasteiger partial charge in [0.25, 0.3) is 0 Å². The van der Waals surface area contributed by atoms with E-state index in [0.717, 1.165) is 22.4 Å². The first-order valence-corrected chi connectivity index (χ1v) is 10.9. The van der Waals surface area contributed by atoms with Gasteiger partial charge in [-0.25, -0.2) is 0 Å². The van der Waals surface area contributed by atoms with Gasteiger partial charge in [0, 0.05) is 37.9 Å². The number of carbonyl (C=O) groups is 3. The number of piperidine rings is 1. The maximum absolute atomic E-state index is 12.5. The van der Waals surface area contributed by atoms with Gasteiger partial charge in [0.2, 0.25) is 11.8 Å². The van der Waals surface area contributed by atoms with Crippen LogP contribution in [0, 0.1) is 5.92 Å². The van der Waals surface area contributed by atoms with Gasteiger partial charge in [0.1, 0.15) is 11.9 Å². The van der Waals surface area contributed by atoms with Crippen molar-refractivity contribution < 1.29 is 19.1 Å². The molecule has 2 aromatic carbocycles. The van der Waals surface area contributed by atoms with E-state index in [1.165, 1.54) is 0 Å². The summed E-state index contributed by atoms with van der Waals surface area (Å²) in [6, 6.07) is 13.6. The summed E-state index contributed by atoms with van der Waals surface area (Å²) in [5.41, 5.74) is 3.72. The number of likely N-dealkylation sites (tertiary alicyclic amines) is 1. The Bertz CT molecular complexity index is 1010. The maximum atomic E-state index is 12.5. The van der Waals surface area contributed by atoms with Crippen molar-refractivity contribution in [3.05, 3.63) is 53.6 Å². The van der Waals surface area contributed by atoms with E-state index in [2.05, 4.69) is 11.4 Å². The van der Waals surface area contributed by atoms with Crippen LogP contribution in [-0.2, 0) is 16.0 Å². The van der Waals surface area contributed by atoms with Gasteiger partial charge in [0.15, 0.2) is 5.78 Å². The fraction of sp³-hybridized carbons (Fsp3) is 0.400. The summed E-state index contributed by atoms with van der Waals surface area (Å²) in [7, 11) is 0. The summed E-state index contributed by atoms with van der Waals surface area (Å²) in [6.07, 6.45) is 2.02. The fourth-order valence-electron chi connectivity index (χ4n) is 4.46. The molecular weight excluding hydrogens is 392 g/mol. The summed E-state index contributed by atoms with van der Waals surface area (Å²) < 4.78 is 6.03. The molecule has 1 fully saturated rings. The van der Waals surface area contributed by atoms with Crippen LogP contribution in [0.15, 0.2) is 42.5 Å². The van der Waals surface area contributed by atoms with Crippen molar-refractivity contribution in [1.29, 1.82) is 0 Å². The lowest BCUT2D eigenvalue weighted by Crippen LogP contribution is -2.44. The second-order valence-corrected chi connectivity index (χ2v) is 8.39. The van der Waals surface area contributed by atoms with Gasteiger partial charge in [-0.2, -0.15) is 0 Å². The molecule has 0 aromatic heterocycles. The largest absolute Gasteiger partial charge is 0.488 e. The molecule has 1 unspecified atom stereocenters. The Kier molecular flexibility index (Phi) is 6.07. The monoisotopic (exact) mass is 420 g/mol. The lowest BCUT2D eigenvalue weighted by Gasteiger charge is -2.30. The standard InChI is InChI=1S/C25H28N2O4/c1-16(28)22-5-3-4-6-23(22)19-7-8-24-20(13-19)14-21(31-24)15-26-25(30)18-9-11-27(12-10-18)17(2)29/h3-8,13,18,21H,9-12,14-15H2,1-2H3,(H,26,30). The van der Waals surface area contributed by atoms with Crippen molar-refractivity contribution >= 4 is 17.6 Å². The number of benzene rings is 2. The molecule has 2 heterocycles. The van der Waals surface area contributed by atoms with Gasteiger partial charge in [-0.15, -0.1) is 0 Å². The van der Waals surface area contributed by atoms with Crippen LogP contribution in [0.5, 0.6) is 5.75 Å². The third-order valence-electron chi connectivity index (χ3n) is 6.23. The van der Waals surface area contributed by atoms with E-state index in [9.17, 15) is 14.4 Å². The normalized spacial score (nSPS) is 18.3. The first kappa shape index (κ1) is 21.1. The maximum Gasteiger partial charge on any atom is 0.223 e. The Morgan fingerprint density at radius 1 is 1.06 bits per heavy atom. The average Bonchev–Trinajstić information content (AvgIpc) is 3.19.